The van der Waals surface area contributed by atoms with E-state index in [2.05, 4.69) is 9.80 Å². The molecular weight excluding hydrogens is 542 g/mol. The maximum atomic E-state index is 12.4. The van der Waals surface area contributed by atoms with Crippen LogP contribution in [0.2, 0.25) is 0 Å². The van der Waals surface area contributed by atoms with Crippen molar-refractivity contribution in [2.24, 2.45) is 0 Å². The quantitative estimate of drug-likeness (QED) is 0.127. The minimum Gasteiger partial charge on any atom is -0.461 e. The van der Waals surface area contributed by atoms with Crippen LogP contribution in [0.3, 0.4) is 0 Å². The molecule has 1 unspecified atom stereocenters. The van der Waals surface area contributed by atoms with E-state index in [0.717, 1.165) is 50.5 Å². The standard InChI is InChI=1S/C27H41N3O11/c31-24(38-19-11-28-5-13-35-14-6-28)1-2-26(33)40-22-23(21-30-9-17-37-18-10-30)41-27(34)4-3-25(32)39-20-12-29-7-15-36-16-8-29/h1-4,23H,5-22H2/b2-1+,4-3+. The van der Waals surface area contributed by atoms with Crippen molar-refractivity contribution in [2.75, 3.05) is 118 Å². The number of hydrogen-bond acceptors (Lipinski definition) is 14. The molecule has 3 saturated heterocycles. The van der Waals surface area contributed by atoms with Gasteiger partial charge in [0.2, 0.25) is 0 Å². The normalized spacial score (nSPS) is 20.1. The molecule has 3 rings (SSSR count). The Kier molecular flexibility index (Phi) is 15.3. The van der Waals surface area contributed by atoms with E-state index in [1.54, 1.807) is 0 Å². The highest BCUT2D eigenvalue weighted by Gasteiger charge is 2.21. The number of hydrogen-bond donors (Lipinski definition) is 0. The summed E-state index contributed by atoms with van der Waals surface area (Å²) in [6, 6.07) is 0. The van der Waals surface area contributed by atoms with Gasteiger partial charge in [-0.2, -0.15) is 0 Å². The van der Waals surface area contributed by atoms with E-state index >= 15 is 0 Å². The van der Waals surface area contributed by atoms with Crippen LogP contribution >= 0.6 is 0 Å². The molecule has 0 aliphatic carbocycles. The van der Waals surface area contributed by atoms with Crippen LogP contribution < -0.4 is 0 Å². The van der Waals surface area contributed by atoms with Crippen molar-refractivity contribution < 1.29 is 52.3 Å². The molecule has 0 N–H and O–H groups in total. The Hall–Kier alpha value is -2.88. The van der Waals surface area contributed by atoms with Gasteiger partial charge in [0, 0.05) is 83.2 Å². The Morgan fingerprint density at radius 2 is 0.951 bits per heavy atom. The van der Waals surface area contributed by atoms with E-state index in [0.29, 0.717) is 72.4 Å². The number of nitrogens with zero attached hydrogens (tertiary/aromatic N) is 3. The van der Waals surface area contributed by atoms with Crippen LogP contribution in [0.15, 0.2) is 24.3 Å². The van der Waals surface area contributed by atoms with Crippen LogP contribution in [0, 0.1) is 0 Å². The van der Waals surface area contributed by atoms with Crippen LogP contribution in [-0.2, 0) is 52.3 Å². The van der Waals surface area contributed by atoms with Gasteiger partial charge in [0.25, 0.3) is 0 Å². The lowest BCUT2D eigenvalue weighted by molar-refractivity contribution is -0.154. The average Bonchev–Trinajstić information content (AvgIpc) is 2.99. The molecule has 3 aliphatic heterocycles. The highest BCUT2D eigenvalue weighted by molar-refractivity contribution is 5.92. The van der Waals surface area contributed by atoms with Gasteiger partial charge in [0.15, 0.2) is 0 Å². The highest BCUT2D eigenvalue weighted by atomic mass is 16.6. The largest absolute Gasteiger partial charge is 0.461 e. The number of esters is 4. The second-order valence-corrected chi connectivity index (χ2v) is 9.51. The summed E-state index contributed by atoms with van der Waals surface area (Å²) < 4.78 is 36.8. The topological polar surface area (TPSA) is 143 Å². The minimum absolute atomic E-state index is 0.197. The third-order valence-corrected chi connectivity index (χ3v) is 6.48. The van der Waals surface area contributed by atoms with E-state index in [4.69, 9.17) is 33.2 Å². The van der Waals surface area contributed by atoms with Crippen LogP contribution in [0.1, 0.15) is 0 Å². The molecule has 14 nitrogen and oxygen atoms in total. The fraction of sp³-hybridized carbons (Fsp3) is 0.704. The van der Waals surface area contributed by atoms with Crippen molar-refractivity contribution in [1.82, 2.24) is 14.7 Å². The van der Waals surface area contributed by atoms with Gasteiger partial charge in [-0.3, -0.25) is 14.7 Å². The highest BCUT2D eigenvalue weighted by Crippen LogP contribution is 2.05. The van der Waals surface area contributed by atoms with Crippen molar-refractivity contribution in [2.45, 2.75) is 6.10 Å². The molecule has 230 valence electrons. The smallest absolute Gasteiger partial charge is 0.331 e. The van der Waals surface area contributed by atoms with Gasteiger partial charge in [-0.25, -0.2) is 19.2 Å². The second-order valence-electron chi connectivity index (χ2n) is 9.51. The summed E-state index contributed by atoms with van der Waals surface area (Å²) in [5.41, 5.74) is 0. The van der Waals surface area contributed by atoms with Crippen LogP contribution in [0.4, 0.5) is 0 Å². The van der Waals surface area contributed by atoms with Gasteiger partial charge in [-0.15, -0.1) is 0 Å². The first-order valence-electron chi connectivity index (χ1n) is 14.0. The van der Waals surface area contributed by atoms with Crippen molar-refractivity contribution in [3.63, 3.8) is 0 Å². The fourth-order valence-corrected chi connectivity index (χ4v) is 4.19. The van der Waals surface area contributed by atoms with Crippen LogP contribution in [0.25, 0.3) is 0 Å². The van der Waals surface area contributed by atoms with E-state index in [-0.39, 0.29) is 19.8 Å². The minimum atomic E-state index is -0.805. The van der Waals surface area contributed by atoms with Crippen LogP contribution in [0.5, 0.6) is 0 Å². The molecule has 0 amide bonds. The summed E-state index contributed by atoms with van der Waals surface area (Å²) in [6.45, 7) is 9.69. The number of carbonyl (C=O) groups is 4. The van der Waals surface area contributed by atoms with Gasteiger partial charge >= 0.3 is 23.9 Å². The summed E-state index contributed by atoms with van der Waals surface area (Å²) >= 11 is 0. The fourth-order valence-electron chi connectivity index (χ4n) is 4.19. The average molecular weight is 584 g/mol. The summed E-state index contributed by atoms with van der Waals surface area (Å²) in [7, 11) is 0. The third kappa shape index (κ3) is 14.5. The number of rotatable bonds is 15. The summed E-state index contributed by atoms with van der Waals surface area (Å²) in [5.74, 6) is -2.87. The number of carbonyl (C=O) groups excluding carboxylic acids is 4. The Bertz CT molecular complexity index is 880. The zero-order valence-corrected chi connectivity index (χ0v) is 23.4. The third-order valence-electron chi connectivity index (χ3n) is 6.48. The van der Waals surface area contributed by atoms with Gasteiger partial charge in [0.1, 0.15) is 25.9 Å². The van der Waals surface area contributed by atoms with Gasteiger partial charge < -0.3 is 33.2 Å². The SMILES string of the molecule is O=C(/C=C/C(=O)OCC(CN1CCOCC1)OC(=O)/C=C/C(=O)OCCN1CCOCC1)OCCN1CCOCC1. The monoisotopic (exact) mass is 583 g/mol. The second kappa shape index (κ2) is 19.3. The molecule has 41 heavy (non-hydrogen) atoms. The molecule has 0 aromatic carbocycles. The Morgan fingerprint density at radius 3 is 1.41 bits per heavy atom. The van der Waals surface area contributed by atoms with E-state index in [1.807, 2.05) is 4.90 Å². The predicted octanol–water partition coefficient (Wildman–Crippen LogP) is -1.36. The van der Waals surface area contributed by atoms with Gasteiger partial charge in [-0.1, -0.05) is 0 Å². The first-order valence-corrected chi connectivity index (χ1v) is 14.0. The van der Waals surface area contributed by atoms with Gasteiger partial charge in [-0.05, 0) is 0 Å². The molecule has 0 spiro atoms. The zero-order chi connectivity index (χ0) is 29.1. The van der Waals surface area contributed by atoms with E-state index in [1.165, 1.54) is 0 Å². The summed E-state index contributed by atoms with van der Waals surface area (Å²) in [4.78, 5) is 54.7. The molecule has 3 fully saturated rings. The Morgan fingerprint density at radius 1 is 0.561 bits per heavy atom. The van der Waals surface area contributed by atoms with Crippen LogP contribution in [-0.4, -0.2) is 163 Å². The lowest BCUT2D eigenvalue weighted by Gasteiger charge is -2.29. The number of ether oxygens (including phenoxy) is 7. The van der Waals surface area contributed by atoms with E-state index in [9.17, 15) is 19.2 Å². The summed E-state index contributed by atoms with van der Waals surface area (Å²) in [5, 5.41) is 0. The molecule has 3 heterocycles. The van der Waals surface area contributed by atoms with E-state index < -0.39 is 30.0 Å². The molecule has 0 radical (unpaired) electrons. The maximum absolute atomic E-state index is 12.4. The molecule has 0 aromatic heterocycles. The zero-order valence-electron chi connectivity index (χ0n) is 23.4. The van der Waals surface area contributed by atoms with Crippen molar-refractivity contribution >= 4 is 23.9 Å². The lowest BCUT2D eigenvalue weighted by Crippen LogP contribution is -2.43. The molecule has 1 atom stereocenters. The van der Waals surface area contributed by atoms with Crippen molar-refractivity contribution in [1.29, 1.82) is 0 Å². The molecule has 0 bridgehead atoms. The lowest BCUT2D eigenvalue weighted by atomic mass is 10.3. The molecule has 0 aromatic rings. The van der Waals surface area contributed by atoms with Gasteiger partial charge in [0.05, 0.1) is 39.6 Å². The first-order chi connectivity index (χ1) is 20.0. The molecule has 0 saturated carbocycles. The van der Waals surface area contributed by atoms with Crippen molar-refractivity contribution in [3.8, 4) is 0 Å². The molecule has 14 heteroatoms. The van der Waals surface area contributed by atoms with Crippen molar-refractivity contribution in [3.05, 3.63) is 24.3 Å². The Labute approximate surface area is 240 Å². The Balaban J connectivity index is 1.38. The molecular formula is C27H41N3O11. The number of morpholine rings is 3. The molecule has 3 aliphatic rings. The first kappa shape index (κ1) is 32.6. The predicted molar refractivity (Wildman–Crippen MR) is 143 cm³/mol. The maximum Gasteiger partial charge on any atom is 0.331 e. The summed E-state index contributed by atoms with van der Waals surface area (Å²) in [6.07, 6.45) is 3.15.